The smallest absolute Gasteiger partial charge is 0.315 e. The molecule has 7 nitrogen and oxygen atoms in total. The van der Waals surface area contributed by atoms with Crippen LogP contribution < -0.4 is 10.6 Å². The van der Waals surface area contributed by atoms with Crippen LogP contribution in [0.25, 0.3) is 0 Å². The van der Waals surface area contributed by atoms with E-state index in [1.54, 1.807) is 18.3 Å². The maximum atomic E-state index is 11.7. The summed E-state index contributed by atoms with van der Waals surface area (Å²) in [5.41, 5.74) is 0.405. The highest BCUT2D eigenvalue weighted by Gasteiger charge is 2.39. The zero-order valence-corrected chi connectivity index (χ0v) is 11.1. The van der Waals surface area contributed by atoms with Crippen LogP contribution in [0.3, 0.4) is 0 Å². The number of hydrogen-bond acceptors (Lipinski definition) is 4. The van der Waals surface area contributed by atoms with Gasteiger partial charge in [0.15, 0.2) is 0 Å². The predicted octanol–water partition coefficient (Wildman–Crippen LogP) is 0.921. The monoisotopic (exact) mass is 278 g/mol. The number of carbonyl (C=O) groups excluding carboxylic acids is 1. The molecule has 0 aromatic carbocycles. The molecule has 0 saturated heterocycles. The number of nitrogens with one attached hydrogen (secondary N) is 2. The summed E-state index contributed by atoms with van der Waals surface area (Å²) in [7, 11) is 0. The number of rotatable bonds is 6. The molecule has 1 heterocycles. The minimum absolute atomic E-state index is 0.109. The van der Waals surface area contributed by atoms with Gasteiger partial charge in [0.2, 0.25) is 0 Å². The number of hydrogen-bond donors (Lipinski definition) is 3. The SMILES string of the molecule is O=C(O)CC1(CNC(=O)NCc2cccnn2)CCC1. The topological polar surface area (TPSA) is 104 Å². The van der Waals surface area contributed by atoms with Crippen LogP contribution in [-0.4, -0.2) is 33.8 Å². The Kier molecular flexibility index (Phi) is 4.49. The third-order valence-electron chi connectivity index (χ3n) is 3.62. The first-order chi connectivity index (χ1) is 9.60. The fourth-order valence-corrected chi connectivity index (χ4v) is 2.34. The number of amides is 2. The molecule has 2 amide bonds. The lowest BCUT2D eigenvalue weighted by Crippen LogP contribution is -2.46. The van der Waals surface area contributed by atoms with E-state index in [0.29, 0.717) is 18.8 Å². The van der Waals surface area contributed by atoms with Crippen molar-refractivity contribution in [1.29, 1.82) is 0 Å². The van der Waals surface area contributed by atoms with E-state index < -0.39 is 5.97 Å². The molecule has 20 heavy (non-hydrogen) atoms. The molecule has 0 bridgehead atoms. The van der Waals surface area contributed by atoms with Crippen LogP contribution in [0.2, 0.25) is 0 Å². The van der Waals surface area contributed by atoms with Crippen LogP contribution >= 0.6 is 0 Å². The van der Waals surface area contributed by atoms with E-state index in [-0.39, 0.29) is 17.9 Å². The predicted molar refractivity (Wildman–Crippen MR) is 70.8 cm³/mol. The first kappa shape index (κ1) is 14.2. The van der Waals surface area contributed by atoms with Gasteiger partial charge in [0.25, 0.3) is 0 Å². The van der Waals surface area contributed by atoms with Crippen molar-refractivity contribution in [3.05, 3.63) is 24.0 Å². The van der Waals surface area contributed by atoms with Crippen molar-refractivity contribution in [2.24, 2.45) is 5.41 Å². The number of carboxylic acids is 1. The Morgan fingerprint density at radius 2 is 2.15 bits per heavy atom. The lowest BCUT2D eigenvalue weighted by Gasteiger charge is -2.40. The molecule has 1 aliphatic carbocycles. The van der Waals surface area contributed by atoms with Crippen LogP contribution in [0.15, 0.2) is 18.3 Å². The molecule has 0 spiro atoms. The Hall–Kier alpha value is -2.18. The summed E-state index contributed by atoms with van der Waals surface area (Å²) in [6.07, 6.45) is 4.40. The van der Waals surface area contributed by atoms with Crippen molar-refractivity contribution in [2.75, 3.05) is 6.54 Å². The highest BCUT2D eigenvalue weighted by atomic mass is 16.4. The lowest BCUT2D eigenvalue weighted by molar-refractivity contribution is -0.141. The molecule has 0 aliphatic heterocycles. The maximum Gasteiger partial charge on any atom is 0.315 e. The van der Waals surface area contributed by atoms with Crippen molar-refractivity contribution in [1.82, 2.24) is 20.8 Å². The molecule has 7 heteroatoms. The molecule has 1 saturated carbocycles. The van der Waals surface area contributed by atoms with Crippen molar-refractivity contribution < 1.29 is 14.7 Å². The summed E-state index contributed by atoms with van der Waals surface area (Å²) in [5.74, 6) is -0.813. The number of urea groups is 1. The molecule has 2 rings (SSSR count). The van der Waals surface area contributed by atoms with E-state index in [9.17, 15) is 9.59 Å². The van der Waals surface area contributed by atoms with Gasteiger partial charge in [0, 0.05) is 12.7 Å². The van der Waals surface area contributed by atoms with Gasteiger partial charge in [-0.1, -0.05) is 6.42 Å². The lowest BCUT2D eigenvalue weighted by atomic mass is 9.66. The minimum atomic E-state index is -0.813. The van der Waals surface area contributed by atoms with Gasteiger partial charge < -0.3 is 15.7 Å². The van der Waals surface area contributed by atoms with Gasteiger partial charge >= 0.3 is 12.0 Å². The van der Waals surface area contributed by atoms with E-state index in [1.807, 2.05) is 0 Å². The summed E-state index contributed by atoms with van der Waals surface area (Å²) in [5, 5.41) is 21.9. The third kappa shape index (κ3) is 3.91. The van der Waals surface area contributed by atoms with E-state index >= 15 is 0 Å². The van der Waals surface area contributed by atoms with Gasteiger partial charge in [-0.05, 0) is 30.4 Å². The molecule has 0 atom stereocenters. The van der Waals surface area contributed by atoms with Crippen LogP contribution in [0.5, 0.6) is 0 Å². The molecule has 1 fully saturated rings. The standard InChI is InChI=1S/C13H18N4O3/c18-11(19)7-13(4-2-5-13)9-15-12(20)14-8-10-3-1-6-16-17-10/h1,3,6H,2,4-5,7-9H2,(H,18,19)(H2,14,15,20). The summed E-state index contributed by atoms with van der Waals surface area (Å²) in [6, 6.07) is 3.20. The second-order valence-corrected chi connectivity index (χ2v) is 5.18. The zero-order valence-electron chi connectivity index (χ0n) is 11.1. The average Bonchev–Trinajstić information content (AvgIpc) is 2.40. The molecule has 108 valence electrons. The molecule has 1 aliphatic rings. The fraction of sp³-hybridized carbons (Fsp3) is 0.538. The first-order valence-corrected chi connectivity index (χ1v) is 6.60. The number of carboxylic acid groups (broad SMARTS) is 1. The van der Waals surface area contributed by atoms with Gasteiger partial charge in [0.05, 0.1) is 18.7 Å². The Bertz CT molecular complexity index is 474. The zero-order chi connectivity index (χ0) is 14.4. The molecular formula is C13H18N4O3. The summed E-state index contributed by atoms with van der Waals surface area (Å²) < 4.78 is 0. The van der Waals surface area contributed by atoms with Crippen LogP contribution in [-0.2, 0) is 11.3 Å². The van der Waals surface area contributed by atoms with Gasteiger partial charge in [-0.15, -0.1) is 0 Å². The Morgan fingerprint density at radius 3 is 2.70 bits per heavy atom. The quantitative estimate of drug-likeness (QED) is 0.717. The maximum absolute atomic E-state index is 11.7. The van der Waals surface area contributed by atoms with E-state index in [0.717, 1.165) is 19.3 Å². The molecule has 0 radical (unpaired) electrons. The van der Waals surface area contributed by atoms with Crippen molar-refractivity contribution in [2.45, 2.75) is 32.2 Å². The van der Waals surface area contributed by atoms with Gasteiger partial charge in [-0.2, -0.15) is 10.2 Å². The molecule has 1 aromatic rings. The Morgan fingerprint density at radius 1 is 1.35 bits per heavy atom. The van der Waals surface area contributed by atoms with Gasteiger partial charge in [0.1, 0.15) is 0 Å². The normalized spacial score (nSPS) is 16.0. The van der Waals surface area contributed by atoms with Crippen molar-refractivity contribution in [3.63, 3.8) is 0 Å². The Balaban J connectivity index is 1.73. The van der Waals surface area contributed by atoms with Crippen LogP contribution in [0, 0.1) is 5.41 Å². The largest absolute Gasteiger partial charge is 0.481 e. The molecule has 3 N–H and O–H groups in total. The second kappa shape index (κ2) is 6.31. The van der Waals surface area contributed by atoms with E-state index in [2.05, 4.69) is 20.8 Å². The van der Waals surface area contributed by atoms with E-state index in [1.165, 1.54) is 0 Å². The highest BCUT2D eigenvalue weighted by molar-refractivity contribution is 5.74. The van der Waals surface area contributed by atoms with Gasteiger partial charge in [-0.25, -0.2) is 4.79 Å². The summed E-state index contributed by atoms with van der Waals surface area (Å²) in [6.45, 7) is 0.692. The van der Waals surface area contributed by atoms with Crippen molar-refractivity contribution in [3.8, 4) is 0 Å². The number of carbonyl (C=O) groups is 2. The van der Waals surface area contributed by atoms with Crippen LogP contribution in [0.4, 0.5) is 4.79 Å². The number of aromatic nitrogens is 2. The fourth-order valence-electron chi connectivity index (χ4n) is 2.34. The summed E-state index contributed by atoms with van der Waals surface area (Å²) in [4.78, 5) is 22.5. The van der Waals surface area contributed by atoms with Crippen molar-refractivity contribution >= 4 is 12.0 Å². The number of aliphatic carboxylic acids is 1. The summed E-state index contributed by atoms with van der Waals surface area (Å²) >= 11 is 0. The number of nitrogens with zero attached hydrogens (tertiary/aromatic N) is 2. The van der Waals surface area contributed by atoms with Gasteiger partial charge in [-0.3, -0.25) is 4.79 Å². The average molecular weight is 278 g/mol. The first-order valence-electron chi connectivity index (χ1n) is 6.60. The second-order valence-electron chi connectivity index (χ2n) is 5.18. The third-order valence-corrected chi connectivity index (χ3v) is 3.62. The molecule has 0 unspecified atom stereocenters. The highest BCUT2D eigenvalue weighted by Crippen LogP contribution is 2.43. The van der Waals surface area contributed by atoms with Crippen LogP contribution in [0.1, 0.15) is 31.4 Å². The molecular weight excluding hydrogens is 260 g/mol. The van der Waals surface area contributed by atoms with E-state index in [4.69, 9.17) is 5.11 Å². The molecule has 1 aromatic heterocycles. The Labute approximate surface area is 116 Å². The minimum Gasteiger partial charge on any atom is -0.481 e.